The molecule has 6 heteroatoms. The first kappa shape index (κ1) is 13.4. The third-order valence-electron chi connectivity index (χ3n) is 3.33. The number of rotatable bonds is 4. The predicted molar refractivity (Wildman–Crippen MR) is 71.2 cm³/mol. The van der Waals surface area contributed by atoms with Gasteiger partial charge in [-0.2, -0.15) is 0 Å². The van der Waals surface area contributed by atoms with Gasteiger partial charge in [-0.1, -0.05) is 12.1 Å². The van der Waals surface area contributed by atoms with Crippen LogP contribution in [0.1, 0.15) is 11.5 Å². The molecule has 1 heterocycles. The highest BCUT2D eigenvalue weighted by Gasteiger charge is 2.27. The molecule has 0 aromatic heterocycles. The molecular formula is C13H17N3O3. The molecule has 1 aliphatic heterocycles. The van der Waals surface area contributed by atoms with E-state index in [9.17, 15) is 9.59 Å². The van der Waals surface area contributed by atoms with Crippen LogP contribution in [-0.2, 0) is 4.79 Å². The van der Waals surface area contributed by atoms with Gasteiger partial charge in [-0.3, -0.25) is 9.69 Å². The van der Waals surface area contributed by atoms with Gasteiger partial charge in [-0.25, -0.2) is 4.79 Å². The number of anilines is 1. The zero-order valence-corrected chi connectivity index (χ0v) is 10.7. The monoisotopic (exact) mass is 263 g/mol. The predicted octanol–water partition coefficient (Wildman–Crippen LogP) is 0.685. The van der Waals surface area contributed by atoms with Crippen LogP contribution in [0.2, 0.25) is 0 Å². The van der Waals surface area contributed by atoms with E-state index in [1.807, 2.05) is 0 Å². The van der Waals surface area contributed by atoms with Crippen molar-refractivity contribution in [2.24, 2.45) is 5.73 Å². The number of carboxylic acid groups (broad SMARTS) is 1. The molecule has 1 atom stereocenters. The van der Waals surface area contributed by atoms with E-state index in [-0.39, 0.29) is 12.6 Å². The minimum absolute atomic E-state index is 0.0344. The molecule has 0 spiro atoms. The molecule has 0 radical (unpaired) electrons. The van der Waals surface area contributed by atoms with Crippen molar-refractivity contribution in [2.45, 2.75) is 5.92 Å². The molecule has 19 heavy (non-hydrogen) atoms. The average Bonchev–Trinajstić information content (AvgIpc) is 2.71. The lowest BCUT2D eigenvalue weighted by atomic mass is 9.99. The summed E-state index contributed by atoms with van der Waals surface area (Å²) in [4.78, 5) is 26.3. The van der Waals surface area contributed by atoms with Crippen molar-refractivity contribution in [1.82, 2.24) is 4.90 Å². The van der Waals surface area contributed by atoms with Crippen molar-refractivity contribution in [3.05, 3.63) is 29.8 Å². The van der Waals surface area contributed by atoms with Crippen LogP contribution in [0.15, 0.2) is 24.3 Å². The Hall–Kier alpha value is -2.08. The summed E-state index contributed by atoms with van der Waals surface area (Å²) in [6, 6.07) is 6.93. The number of likely N-dealkylation sites (N-methyl/N-ethyl adjacent to an activating group) is 1. The molecule has 0 aliphatic carbocycles. The first-order valence-corrected chi connectivity index (χ1v) is 6.10. The van der Waals surface area contributed by atoms with Crippen molar-refractivity contribution < 1.29 is 14.7 Å². The Morgan fingerprint density at radius 2 is 2.21 bits per heavy atom. The van der Waals surface area contributed by atoms with E-state index in [1.165, 1.54) is 0 Å². The Kier molecular flexibility index (Phi) is 3.71. The molecule has 0 bridgehead atoms. The number of amides is 2. The number of carboxylic acids is 1. The number of carbonyl (C=O) groups is 2. The lowest BCUT2D eigenvalue weighted by Crippen LogP contribution is -2.29. The first-order valence-electron chi connectivity index (χ1n) is 6.10. The van der Waals surface area contributed by atoms with Crippen molar-refractivity contribution >= 4 is 17.7 Å². The van der Waals surface area contributed by atoms with Gasteiger partial charge in [0.2, 0.25) is 0 Å². The fourth-order valence-electron chi connectivity index (χ4n) is 2.18. The van der Waals surface area contributed by atoms with E-state index in [0.29, 0.717) is 24.3 Å². The lowest BCUT2D eigenvalue weighted by molar-refractivity contribution is -0.138. The fourth-order valence-corrected chi connectivity index (χ4v) is 2.18. The Morgan fingerprint density at radius 3 is 2.74 bits per heavy atom. The second-order valence-electron chi connectivity index (χ2n) is 4.58. The van der Waals surface area contributed by atoms with Gasteiger partial charge in [-0.05, 0) is 17.7 Å². The first-order chi connectivity index (χ1) is 9.04. The Balaban J connectivity index is 2.29. The normalized spacial score (nSPS) is 16.8. The number of urea groups is 1. The van der Waals surface area contributed by atoms with E-state index >= 15 is 0 Å². The minimum Gasteiger partial charge on any atom is -0.481 e. The molecule has 1 aromatic carbocycles. The summed E-state index contributed by atoms with van der Waals surface area (Å²) >= 11 is 0. The van der Waals surface area contributed by atoms with Crippen LogP contribution in [0.5, 0.6) is 0 Å². The third-order valence-corrected chi connectivity index (χ3v) is 3.33. The van der Waals surface area contributed by atoms with Gasteiger partial charge in [0.25, 0.3) is 0 Å². The molecule has 1 aliphatic rings. The number of hydrogen-bond donors (Lipinski definition) is 2. The summed E-state index contributed by atoms with van der Waals surface area (Å²) in [5, 5.41) is 9.11. The third kappa shape index (κ3) is 2.53. The molecular weight excluding hydrogens is 246 g/mol. The van der Waals surface area contributed by atoms with E-state index in [4.69, 9.17) is 10.8 Å². The maximum atomic E-state index is 11.9. The average molecular weight is 263 g/mol. The van der Waals surface area contributed by atoms with Crippen molar-refractivity contribution in [3.8, 4) is 0 Å². The van der Waals surface area contributed by atoms with Crippen LogP contribution in [-0.4, -0.2) is 48.7 Å². The van der Waals surface area contributed by atoms with Crippen LogP contribution >= 0.6 is 0 Å². The Labute approximate surface area is 111 Å². The number of benzene rings is 1. The largest absolute Gasteiger partial charge is 0.481 e. The van der Waals surface area contributed by atoms with Crippen LogP contribution in [0.3, 0.4) is 0 Å². The number of carbonyl (C=O) groups excluding carboxylic acids is 1. The summed E-state index contributed by atoms with van der Waals surface area (Å²) in [7, 11) is 1.74. The van der Waals surface area contributed by atoms with Crippen LogP contribution in [0.25, 0.3) is 0 Å². The summed E-state index contributed by atoms with van der Waals surface area (Å²) < 4.78 is 0. The molecule has 102 valence electrons. The van der Waals surface area contributed by atoms with E-state index in [0.717, 1.165) is 0 Å². The molecule has 0 saturated carbocycles. The number of nitrogens with zero attached hydrogens (tertiary/aromatic N) is 2. The van der Waals surface area contributed by atoms with Gasteiger partial charge in [-0.15, -0.1) is 0 Å². The highest BCUT2D eigenvalue weighted by Crippen LogP contribution is 2.24. The van der Waals surface area contributed by atoms with Crippen LogP contribution in [0.4, 0.5) is 10.5 Å². The molecule has 2 rings (SSSR count). The molecule has 2 amide bonds. The minimum atomic E-state index is -0.954. The smallest absolute Gasteiger partial charge is 0.324 e. The quantitative estimate of drug-likeness (QED) is 0.836. The number of hydrogen-bond acceptors (Lipinski definition) is 3. The highest BCUT2D eigenvalue weighted by molar-refractivity contribution is 5.94. The van der Waals surface area contributed by atoms with Gasteiger partial charge < -0.3 is 15.7 Å². The van der Waals surface area contributed by atoms with E-state index in [1.54, 1.807) is 41.1 Å². The summed E-state index contributed by atoms with van der Waals surface area (Å²) in [5.74, 6) is -1.69. The maximum absolute atomic E-state index is 11.9. The number of aliphatic carboxylic acids is 1. The van der Waals surface area contributed by atoms with Crippen molar-refractivity contribution in [2.75, 3.05) is 31.6 Å². The zero-order chi connectivity index (χ0) is 14.0. The highest BCUT2D eigenvalue weighted by atomic mass is 16.4. The fraction of sp³-hybridized carbons (Fsp3) is 0.385. The lowest BCUT2D eigenvalue weighted by Gasteiger charge is -2.18. The van der Waals surface area contributed by atoms with Crippen LogP contribution in [0, 0.1) is 0 Å². The Bertz CT molecular complexity index is 504. The molecule has 1 unspecified atom stereocenters. The van der Waals surface area contributed by atoms with Gasteiger partial charge in [0.05, 0.1) is 5.92 Å². The molecule has 1 fully saturated rings. The van der Waals surface area contributed by atoms with Gasteiger partial charge >= 0.3 is 12.0 Å². The van der Waals surface area contributed by atoms with E-state index in [2.05, 4.69) is 0 Å². The van der Waals surface area contributed by atoms with Crippen LogP contribution < -0.4 is 10.6 Å². The zero-order valence-electron chi connectivity index (χ0n) is 10.7. The standard InChI is InChI=1S/C13H17N3O3/c1-15-5-6-16(13(15)19)10-4-2-3-9(7-10)11(8-14)12(17)18/h2-4,7,11H,5-6,8,14H2,1H3,(H,17,18). The van der Waals surface area contributed by atoms with E-state index < -0.39 is 11.9 Å². The summed E-state index contributed by atoms with van der Waals surface area (Å²) in [6.45, 7) is 1.31. The van der Waals surface area contributed by atoms with Crippen molar-refractivity contribution in [1.29, 1.82) is 0 Å². The maximum Gasteiger partial charge on any atom is 0.324 e. The molecule has 1 aromatic rings. The van der Waals surface area contributed by atoms with Gasteiger partial charge in [0.15, 0.2) is 0 Å². The Morgan fingerprint density at radius 1 is 1.47 bits per heavy atom. The topological polar surface area (TPSA) is 86.9 Å². The van der Waals surface area contributed by atoms with Crippen molar-refractivity contribution in [3.63, 3.8) is 0 Å². The summed E-state index contributed by atoms with van der Waals surface area (Å²) in [5.41, 5.74) is 6.82. The number of nitrogens with two attached hydrogens (primary N) is 1. The summed E-state index contributed by atoms with van der Waals surface area (Å²) in [6.07, 6.45) is 0. The van der Waals surface area contributed by atoms with Gasteiger partial charge in [0.1, 0.15) is 0 Å². The second kappa shape index (κ2) is 5.27. The molecule has 3 N–H and O–H groups in total. The van der Waals surface area contributed by atoms with Gasteiger partial charge in [0, 0.05) is 32.4 Å². The molecule has 1 saturated heterocycles. The second-order valence-corrected chi connectivity index (χ2v) is 4.58. The molecule has 6 nitrogen and oxygen atoms in total. The SMILES string of the molecule is CN1CCN(c2cccc(C(CN)C(=O)O)c2)C1=O.